The fourth-order valence-corrected chi connectivity index (χ4v) is 2.82. The van der Waals surface area contributed by atoms with Crippen LogP contribution in [0.2, 0.25) is 0 Å². The Morgan fingerprint density at radius 2 is 1.81 bits per heavy atom. The molecule has 172 valence electrons. The van der Waals surface area contributed by atoms with Gasteiger partial charge in [-0.1, -0.05) is 6.07 Å². The molecule has 1 aliphatic heterocycles. The van der Waals surface area contributed by atoms with Gasteiger partial charge in [0.2, 0.25) is 0 Å². The fourth-order valence-electron chi connectivity index (χ4n) is 2.82. The number of hydrogen-bond acceptors (Lipinski definition) is 4. The lowest BCUT2D eigenvalue weighted by Gasteiger charge is -2.20. The number of hydrogen-bond donors (Lipinski definition) is 0. The van der Waals surface area contributed by atoms with Crippen molar-refractivity contribution >= 4 is 12.4 Å². The molecule has 0 fully saturated rings. The first kappa shape index (κ1) is 23.4. The topological polar surface area (TPSA) is 44.8 Å². The van der Waals surface area contributed by atoms with Gasteiger partial charge in [-0.25, -0.2) is 4.39 Å². The number of rotatable bonds is 6. The average molecular weight is 464 g/mol. The highest BCUT2D eigenvalue weighted by atomic mass is 19.4. The number of carbonyl (C=O) groups excluding carboxylic acids is 1. The molecule has 4 nitrogen and oxygen atoms in total. The molecule has 2 aromatic carbocycles. The Morgan fingerprint density at radius 3 is 2.44 bits per heavy atom. The van der Waals surface area contributed by atoms with Crippen molar-refractivity contribution in [1.82, 2.24) is 0 Å². The molecule has 0 spiro atoms. The molecule has 0 bridgehead atoms. The van der Waals surface area contributed by atoms with Crippen molar-refractivity contribution < 1.29 is 49.7 Å². The summed E-state index contributed by atoms with van der Waals surface area (Å²) in [6, 6.07) is 4.50. The third-order valence-corrected chi connectivity index (χ3v) is 4.50. The van der Waals surface area contributed by atoms with E-state index in [9.17, 15) is 35.5 Å². The van der Waals surface area contributed by atoms with Crippen molar-refractivity contribution in [2.24, 2.45) is 0 Å². The zero-order valence-electron chi connectivity index (χ0n) is 16.3. The van der Waals surface area contributed by atoms with Gasteiger partial charge in [0.25, 0.3) is 0 Å². The van der Waals surface area contributed by atoms with Crippen molar-refractivity contribution in [2.45, 2.75) is 32.0 Å². The van der Waals surface area contributed by atoms with Crippen LogP contribution in [0.4, 0.5) is 30.7 Å². The number of benzene rings is 2. The van der Waals surface area contributed by atoms with Gasteiger partial charge < -0.3 is 14.2 Å². The second-order valence-electron chi connectivity index (χ2n) is 6.85. The maximum atomic E-state index is 14.3. The lowest BCUT2D eigenvalue weighted by molar-refractivity contribution is -0.189. The van der Waals surface area contributed by atoms with Crippen molar-refractivity contribution in [1.29, 1.82) is 0 Å². The highest BCUT2D eigenvalue weighted by molar-refractivity contribution is 5.84. The number of alkyl halides is 6. The van der Waals surface area contributed by atoms with Gasteiger partial charge in [-0.3, -0.25) is 4.79 Å². The maximum absolute atomic E-state index is 14.3. The van der Waals surface area contributed by atoms with E-state index in [0.29, 0.717) is 19.3 Å². The smallest absolute Gasteiger partial charge is 0.425 e. The first-order valence-electron chi connectivity index (χ1n) is 9.07. The molecule has 0 saturated carbocycles. The molecule has 0 unspecified atom stereocenters. The Kier molecular flexibility index (Phi) is 6.38. The van der Waals surface area contributed by atoms with E-state index in [1.807, 2.05) is 0 Å². The molecule has 0 radical (unpaired) electrons. The molecule has 0 saturated heterocycles. The van der Waals surface area contributed by atoms with E-state index in [4.69, 9.17) is 9.47 Å². The van der Waals surface area contributed by atoms with E-state index >= 15 is 0 Å². The van der Waals surface area contributed by atoms with Gasteiger partial charge in [-0.15, -0.1) is 0 Å². The third-order valence-electron chi connectivity index (χ3n) is 4.50. The van der Waals surface area contributed by atoms with Crippen LogP contribution in [0.25, 0.3) is 6.08 Å². The third kappa shape index (κ3) is 5.32. The predicted molar refractivity (Wildman–Crippen MR) is 97.9 cm³/mol. The molecule has 3 rings (SSSR count). The van der Waals surface area contributed by atoms with Gasteiger partial charge in [0, 0.05) is 23.3 Å². The van der Waals surface area contributed by atoms with Crippen LogP contribution < -0.4 is 14.2 Å². The Labute approximate surface area is 177 Å². The first-order valence-corrected chi connectivity index (χ1v) is 9.07. The van der Waals surface area contributed by atoms with Gasteiger partial charge in [0.1, 0.15) is 42.6 Å². The largest absolute Gasteiger partial charge is 0.489 e. The van der Waals surface area contributed by atoms with Gasteiger partial charge >= 0.3 is 12.4 Å². The van der Waals surface area contributed by atoms with Crippen molar-refractivity contribution in [3.05, 3.63) is 58.4 Å². The Bertz CT molecular complexity index is 1040. The van der Waals surface area contributed by atoms with E-state index in [-0.39, 0.29) is 29.2 Å². The fraction of sp³-hybridized carbons (Fsp3) is 0.286. The van der Waals surface area contributed by atoms with Crippen LogP contribution in [0.15, 0.2) is 35.9 Å². The molecule has 0 N–H and O–H groups in total. The second kappa shape index (κ2) is 8.71. The summed E-state index contributed by atoms with van der Waals surface area (Å²) in [6.07, 6.45) is -10.2. The molecular formula is C21H15F7O4. The second-order valence-corrected chi connectivity index (χ2v) is 6.85. The van der Waals surface area contributed by atoms with Crippen LogP contribution in [0, 0.1) is 5.82 Å². The maximum Gasteiger partial charge on any atom is 0.425 e. The van der Waals surface area contributed by atoms with Crippen molar-refractivity contribution in [2.75, 3.05) is 6.61 Å². The molecule has 32 heavy (non-hydrogen) atoms. The average Bonchev–Trinajstić information content (AvgIpc) is 2.71. The molecular weight excluding hydrogens is 449 g/mol. The van der Waals surface area contributed by atoms with Gasteiger partial charge in [0.15, 0.2) is 6.10 Å². The summed E-state index contributed by atoms with van der Waals surface area (Å²) in [4.78, 5) is 10.8. The summed E-state index contributed by atoms with van der Waals surface area (Å²) < 4.78 is 108. The minimum absolute atomic E-state index is 0.00182. The highest BCUT2D eigenvalue weighted by Crippen LogP contribution is 2.37. The lowest BCUT2D eigenvalue weighted by Crippen LogP contribution is -2.31. The molecule has 0 aliphatic carbocycles. The van der Waals surface area contributed by atoms with Crippen molar-refractivity contribution in [3.63, 3.8) is 0 Å². The quantitative estimate of drug-likeness (QED) is 0.405. The summed E-state index contributed by atoms with van der Waals surface area (Å²) in [5.41, 5.74) is -1.44. The summed E-state index contributed by atoms with van der Waals surface area (Å²) in [7, 11) is 0. The lowest BCUT2D eigenvalue weighted by atomic mass is 10.1. The summed E-state index contributed by atoms with van der Waals surface area (Å²) in [5, 5.41) is 0. The normalized spacial score (nSPS) is 14.7. The monoisotopic (exact) mass is 464 g/mol. The number of carbonyl (C=O) groups is 1. The van der Waals surface area contributed by atoms with Crippen LogP contribution >= 0.6 is 0 Å². The number of ether oxygens (including phenoxy) is 3. The zero-order valence-corrected chi connectivity index (χ0v) is 16.3. The van der Waals surface area contributed by atoms with Crippen LogP contribution in [0.5, 0.6) is 17.2 Å². The summed E-state index contributed by atoms with van der Waals surface area (Å²) >= 11 is 0. The van der Waals surface area contributed by atoms with Crippen LogP contribution in [-0.4, -0.2) is 25.2 Å². The summed E-state index contributed by atoms with van der Waals surface area (Å²) in [5.74, 6) is -1.51. The molecule has 0 aromatic heterocycles. The highest BCUT2D eigenvalue weighted by Gasteiger charge is 2.39. The standard InChI is InChI=1S/C21H15F7O4/c1-11(20(23,24)25)32-14-3-2-13(17(5-14)21(26,27)28)10-30-15-6-18(22)16-4-12(8-29)9-31-19(16)7-15/h2-8,11H,9-10H2,1H3/t11-/m0/s1. The molecule has 2 aromatic rings. The Balaban J connectivity index is 1.83. The minimum atomic E-state index is -4.90. The van der Waals surface area contributed by atoms with E-state index in [2.05, 4.69) is 4.74 Å². The van der Waals surface area contributed by atoms with Crippen LogP contribution in [0.1, 0.15) is 23.6 Å². The summed E-state index contributed by atoms with van der Waals surface area (Å²) in [6.45, 7) is -0.0861. The molecule has 11 heteroatoms. The van der Waals surface area contributed by atoms with Crippen LogP contribution in [0.3, 0.4) is 0 Å². The van der Waals surface area contributed by atoms with Gasteiger partial charge in [-0.05, 0) is 25.1 Å². The van der Waals surface area contributed by atoms with Crippen molar-refractivity contribution in [3.8, 4) is 17.2 Å². The van der Waals surface area contributed by atoms with E-state index in [0.717, 1.165) is 18.2 Å². The Morgan fingerprint density at radius 1 is 1.09 bits per heavy atom. The molecule has 0 amide bonds. The van der Waals surface area contributed by atoms with Crippen LogP contribution in [-0.2, 0) is 17.6 Å². The molecule has 1 atom stereocenters. The predicted octanol–water partition coefficient (Wildman–Crippen LogP) is 5.73. The van der Waals surface area contributed by atoms with E-state index in [1.165, 1.54) is 12.1 Å². The Hall–Kier alpha value is -3.24. The zero-order chi connectivity index (χ0) is 23.7. The van der Waals surface area contributed by atoms with Gasteiger partial charge in [0.05, 0.1) is 11.1 Å². The van der Waals surface area contributed by atoms with E-state index < -0.39 is 47.8 Å². The minimum Gasteiger partial charge on any atom is -0.489 e. The van der Waals surface area contributed by atoms with E-state index in [1.54, 1.807) is 0 Å². The van der Waals surface area contributed by atoms with Gasteiger partial charge in [-0.2, -0.15) is 26.3 Å². The number of halogens is 7. The first-order chi connectivity index (χ1) is 14.9. The number of aldehydes is 1. The molecule has 1 aliphatic rings. The SMILES string of the molecule is C[C@H](Oc1ccc(COc2cc(F)c3c(c2)OCC(C=O)=C3)c(C(F)(F)F)c1)C(F)(F)F. The number of fused-ring (bicyclic) bond motifs is 1. The molecule has 1 heterocycles.